The summed E-state index contributed by atoms with van der Waals surface area (Å²) >= 11 is 18.0. The Balaban J connectivity index is 1.73. The standard InChI is InChI=1S/C19H16Cl3N3O/c1-11-7-12(2)25(24-11)10-13-3-5-14(6-4-13)19(26)23-18-9-16(21)15(20)8-17(18)22/h3-9H,10H2,1-2H3,(H,23,26). The molecule has 3 rings (SSSR count). The molecule has 0 unspecified atom stereocenters. The highest BCUT2D eigenvalue weighted by molar-refractivity contribution is 6.44. The van der Waals surface area contributed by atoms with E-state index in [4.69, 9.17) is 34.8 Å². The largest absolute Gasteiger partial charge is 0.321 e. The molecule has 0 spiro atoms. The van der Waals surface area contributed by atoms with Gasteiger partial charge in [0, 0.05) is 11.3 Å². The third-order valence-corrected chi connectivity index (χ3v) is 4.94. The maximum atomic E-state index is 12.4. The minimum Gasteiger partial charge on any atom is -0.321 e. The number of benzene rings is 2. The maximum absolute atomic E-state index is 12.4. The minimum atomic E-state index is -0.275. The number of hydrogen-bond acceptors (Lipinski definition) is 2. The lowest BCUT2D eigenvalue weighted by Gasteiger charge is -2.10. The Morgan fingerprint density at radius 1 is 1.00 bits per heavy atom. The van der Waals surface area contributed by atoms with E-state index >= 15 is 0 Å². The average molecular weight is 409 g/mol. The molecule has 0 aliphatic heterocycles. The van der Waals surface area contributed by atoms with Gasteiger partial charge in [-0.05, 0) is 49.7 Å². The van der Waals surface area contributed by atoms with E-state index in [1.807, 2.05) is 36.7 Å². The van der Waals surface area contributed by atoms with Gasteiger partial charge in [0.2, 0.25) is 0 Å². The minimum absolute atomic E-state index is 0.275. The van der Waals surface area contributed by atoms with Gasteiger partial charge < -0.3 is 5.32 Å². The monoisotopic (exact) mass is 407 g/mol. The van der Waals surface area contributed by atoms with Crippen LogP contribution in [0.5, 0.6) is 0 Å². The fraction of sp³-hybridized carbons (Fsp3) is 0.158. The quantitative estimate of drug-likeness (QED) is 0.558. The van der Waals surface area contributed by atoms with Gasteiger partial charge in [0.1, 0.15) is 0 Å². The van der Waals surface area contributed by atoms with Crippen molar-refractivity contribution >= 4 is 46.4 Å². The summed E-state index contributed by atoms with van der Waals surface area (Å²) in [4.78, 5) is 12.4. The molecule has 1 aromatic heterocycles. The van der Waals surface area contributed by atoms with Crippen molar-refractivity contribution in [3.8, 4) is 0 Å². The molecule has 26 heavy (non-hydrogen) atoms. The summed E-state index contributed by atoms with van der Waals surface area (Å²) < 4.78 is 1.93. The predicted octanol–water partition coefficient (Wildman–Crippen LogP) is 5.76. The van der Waals surface area contributed by atoms with Gasteiger partial charge in [-0.2, -0.15) is 5.10 Å². The van der Waals surface area contributed by atoms with Gasteiger partial charge >= 0.3 is 0 Å². The molecule has 3 aromatic rings. The summed E-state index contributed by atoms with van der Waals surface area (Å²) in [5, 5.41) is 8.18. The SMILES string of the molecule is Cc1cc(C)n(Cc2ccc(C(=O)Nc3cc(Cl)c(Cl)cc3Cl)cc2)n1. The number of nitrogens with one attached hydrogen (secondary N) is 1. The first-order valence-electron chi connectivity index (χ1n) is 7.89. The molecule has 0 aliphatic carbocycles. The molecule has 1 amide bonds. The molecule has 2 aromatic carbocycles. The van der Waals surface area contributed by atoms with Crippen molar-refractivity contribution in [3.05, 3.63) is 80.0 Å². The topological polar surface area (TPSA) is 46.9 Å². The number of rotatable bonds is 4. The third kappa shape index (κ3) is 4.21. The Hall–Kier alpha value is -2.01. The number of carbonyl (C=O) groups is 1. The highest BCUT2D eigenvalue weighted by atomic mass is 35.5. The normalized spacial score (nSPS) is 10.8. The summed E-state index contributed by atoms with van der Waals surface area (Å²) in [6.07, 6.45) is 0. The zero-order chi connectivity index (χ0) is 18.8. The smallest absolute Gasteiger partial charge is 0.255 e. The summed E-state index contributed by atoms with van der Waals surface area (Å²) in [5.41, 5.74) is 4.07. The molecule has 0 atom stereocenters. The lowest BCUT2D eigenvalue weighted by Crippen LogP contribution is -2.12. The Kier molecular flexibility index (Phi) is 5.56. The first-order valence-corrected chi connectivity index (χ1v) is 9.03. The molecular weight excluding hydrogens is 393 g/mol. The van der Waals surface area contributed by atoms with Gasteiger partial charge in [-0.1, -0.05) is 46.9 Å². The van der Waals surface area contributed by atoms with Crippen molar-refractivity contribution in [2.24, 2.45) is 0 Å². The van der Waals surface area contributed by atoms with E-state index in [1.165, 1.54) is 12.1 Å². The number of halogens is 3. The van der Waals surface area contributed by atoms with Crippen molar-refractivity contribution < 1.29 is 4.79 Å². The van der Waals surface area contributed by atoms with Crippen LogP contribution in [0.2, 0.25) is 15.1 Å². The number of hydrogen-bond donors (Lipinski definition) is 1. The predicted molar refractivity (Wildman–Crippen MR) is 107 cm³/mol. The van der Waals surface area contributed by atoms with Gasteiger partial charge in [0.25, 0.3) is 5.91 Å². The van der Waals surface area contributed by atoms with Crippen LogP contribution in [0.15, 0.2) is 42.5 Å². The lowest BCUT2D eigenvalue weighted by molar-refractivity contribution is 0.102. The Bertz CT molecular complexity index is 965. The Morgan fingerprint density at radius 3 is 2.27 bits per heavy atom. The lowest BCUT2D eigenvalue weighted by atomic mass is 10.1. The Labute approximate surface area is 166 Å². The van der Waals surface area contributed by atoms with Crippen molar-refractivity contribution in [3.63, 3.8) is 0 Å². The molecule has 0 saturated heterocycles. The van der Waals surface area contributed by atoms with Gasteiger partial charge in [0.15, 0.2) is 0 Å². The molecule has 0 fully saturated rings. The number of aromatic nitrogens is 2. The van der Waals surface area contributed by atoms with Crippen LogP contribution in [0.3, 0.4) is 0 Å². The molecule has 1 heterocycles. The molecule has 1 N–H and O–H groups in total. The van der Waals surface area contributed by atoms with Crippen LogP contribution in [-0.2, 0) is 6.54 Å². The highest BCUT2D eigenvalue weighted by Gasteiger charge is 2.11. The molecule has 0 bridgehead atoms. The fourth-order valence-electron chi connectivity index (χ4n) is 2.58. The highest BCUT2D eigenvalue weighted by Crippen LogP contribution is 2.32. The summed E-state index contributed by atoms with van der Waals surface area (Å²) in [6, 6.07) is 12.4. The number of amides is 1. The van der Waals surface area contributed by atoms with Gasteiger partial charge in [-0.25, -0.2) is 0 Å². The van der Waals surface area contributed by atoms with E-state index in [9.17, 15) is 4.79 Å². The van der Waals surface area contributed by atoms with E-state index in [0.717, 1.165) is 17.0 Å². The zero-order valence-corrected chi connectivity index (χ0v) is 16.5. The van der Waals surface area contributed by atoms with Crippen LogP contribution < -0.4 is 5.32 Å². The van der Waals surface area contributed by atoms with Crippen LogP contribution in [0.1, 0.15) is 27.3 Å². The van der Waals surface area contributed by atoms with Crippen LogP contribution in [-0.4, -0.2) is 15.7 Å². The van der Waals surface area contributed by atoms with Crippen LogP contribution in [0.25, 0.3) is 0 Å². The molecule has 134 valence electrons. The van der Waals surface area contributed by atoms with E-state index in [-0.39, 0.29) is 5.91 Å². The second kappa shape index (κ2) is 7.70. The van der Waals surface area contributed by atoms with E-state index in [1.54, 1.807) is 12.1 Å². The van der Waals surface area contributed by atoms with E-state index in [2.05, 4.69) is 10.4 Å². The molecule has 7 heteroatoms. The molecule has 4 nitrogen and oxygen atoms in total. The van der Waals surface area contributed by atoms with Crippen molar-refractivity contribution in [2.75, 3.05) is 5.32 Å². The second-order valence-electron chi connectivity index (χ2n) is 5.98. The number of nitrogens with zero attached hydrogens (tertiary/aromatic N) is 2. The average Bonchev–Trinajstić information content (AvgIpc) is 2.90. The van der Waals surface area contributed by atoms with Crippen LogP contribution in [0, 0.1) is 13.8 Å². The van der Waals surface area contributed by atoms with E-state index < -0.39 is 0 Å². The van der Waals surface area contributed by atoms with Gasteiger partial charge in [-0.15, -0.1) is 0 Å². The number of carbonyl (C=O) groups excluding carboxylic acids is 1. The summed E-state index contributed by atoms with van der Waals surface area (Å²) in [7, 11) is 0. The molecule has 0 aliphatic rings. The summed E-state index contributed by atoms with van der Waals surface area (Å²) in [6.45, 7) is 4.63. The van der Waals surface area contributed by atoms with Gasteiger partial charge in [0.05, 0.1) is 33.0 Å². The zero-order valence-electron chi connectivity index (χ0n) is 14.2. The number of anilines is 1. The van der Waals surface area contributed by atoms with E-state index in [0.29, 0.717) is 32.9 Å². The van der Waals surface area contributed by atoms with Gasteiger partial charge in [-0.3, -0.25) is 9.48 Å². The molecule has 0 saturated carbocycles. The first kappa shape index (κ1) is 18.8. The van der Waals surface area contributed by atoms with Crippen molar-refractivity contribution in [2.45, 2.75) is 20.4 Å². The second-order valence-corrected chi connectivity index (χ2v) is 7.20. The van der Waals surface area contributed by atoms with Crippen molar-refractivity contribution in [1.82, 2.24) is 9.78 Å². The number of aryl methyl sites for hydroxylation is 2. The molecule has 0 radical (unpaired) electrons. The first-order chi connectivity index (χ1) is 12.3. The molecular formula is C19H16Cl3N3O. The summed E-state index contributed by atoms with van der Waals surface area (Å²) in [5.74, 6) is -0.275. The maximum Gasteiger partial charge on any atom is 0.255 e. The van der Waals surface area contributed by atoms with Crippen LogP contribution in [0.4, 0.5) is 5.69 Å². The van der Waals surface area contributed by atoms with Crippen LogP contribution >= 0.6 is 34.8 Å². The van der Waals surface area contributed by atoms with Crippen molar-refractivity contribution in [1.29, 1.82) is 0 Å². The third-order valence-electron chi connectivity index (χ3n) is 3.91. The Morgan fingerprint density at radius 2 is 1.65 bits per heavy atom. The fourth-order valence-corrected chi connectivity index (χ4v) is 3.18.